The molecule has 92 valence electrons. The summed E-state index contributed by atoms with van der Waals surface area (Å²) in [7, 11) is 0. The number of benzene rings is 1. The molecule has 0 amide bonds. The molecule has 1 aromatic rings. The predicted octanol–water partition coefficient (Wildman–Crippen LogP) is 3.32. The fourth-order valence-electron chi connectivity index (χ4n) is 2.56. The van der Waals surface area contributed by atoms with E-state index in [0.717, 1.165) is 18.0 Å². The van der Waals surface area contributed by atoms with Gasteiger partial charge in [-0.05, 0) is 43.1 Å². The fraction of sp³-hybridized carbons (Fsp3) is 0.571. The summed E-state index contributed by atoms with van der Waals surface area (Å²) in [5.74, 6) is 3.50. The van der Waals surface area contributed by atoms with Crippen molar-refractivity contribution < 1.29 is 4.74 Å². The van der Waals surface area contributed by atoms with Crippen molar-refractivity contribution in [2.45, 2.75) is 31.8 Å². The van der Waals surface area contributed by atoms with Gasteiger partial charge >= 0.3 is 0 Å². The maximum absolute atomic E-state index is 6.17. The predicted molar refractivity (Wildman–Crippen MR) is 74.2 cm³/mol. The number of hydrogen-bond donors (Lipinski definition) is 1. The van der Waals surface area contributed by atoms with Gasteiger partial charge in [-0.2, -0.15) is 11.8 Å². The minimum Gasteiger partial charge on any atom is -0.487 e. The average molecular weight is 249 g/mol. The molecule has 1 N–H and O–H groups in total. The van der Waals surface area contributed by atoms with Gasteiger partial charge in [-0.25, -0.2) is 0 Å². The topological polar surface area (TPSA) is 21.3 Å². The van der Waals surface area contributed by atoms with E-state index < -0.39 is 0 Å². The molecular formula is C14H19NOS. The number of nitrogens with one attached hydrogen (secondary N) is 1. The van der Waals surface area contributed by atoms with Crippen molar-refractivity contribution in [2.24, 2.45) is 0 Å². The first-order valence-electron chi connectivity index (χ1n) is 6.53. The van der Waals surface area contributed by atoms with Crippen molar-refractivity contribution >= 4 is 17.4 Å². The fourth-order valence-corrected chi connectivity index (χ4v) is 3.59. The van der Waals surface area contributed by atoms with Gasteiger partial charge in [-0.3, -0.25) is 0 Å². The Morgan fingerprint density at radius 3 is 3.18 bits per heavy atom. The van der Waals surface area contributed by atoms with Crippen molar-refractivity contribution in [3.05, 3.63) is 23.8 Å². The Morgan fingerprint density at radius 1 is 1.29 bits per heavy atom. The average Bonchev–Trinajstić information content (AvgIpc) is 2.40. The van der Waals surface area contributed by atoms with Gasteiger partial charge in [0.05, 0.1) is 5.69 Å². The van der Waals surface area contributed by atoms with Crippen molar-refractivity contribution in [1.82, 2.24) is 0 Å². The van der Waals surface area contributed by atoms with Gasteiger partial charge < -0.3 is 10.1 Å². The molecule has 2 aliphatic heterocycles. The third-order valence-electron chi connectivity index (χ3n) is 3.45. The Hall–Kier alpha value is -0.830. The molecule has 0 radical (unpaired) electrons. The number of aryl methyl sites for hydroxylation is 1. The van der Waals surface area contributed by atoms with E-state index in [-0.39, 0.29) is 0 Å². The van der Waals surface area contributed by atoms with E-state index in [0.29, 0.717) is 6.10 Å². The summed E-state index contributed by atoms with van der Waals surface area (Å²) >= 11 is 2.01. The summed E-state index contributed by atoms with van der Waals surface area (Å²) in [6.45, 7) is 1.08. The Bertz CT molecular complexity index is 388. The zero-order valence-corrected chi connectivity index (χ0v) is 10.9. The van der Waals surface area contributed by atoms with Crippen LogP contribution in [-0.4, -0.2) is 24.2 Å². The molecule has 0 bridgehead atoms. The number of thioether (sulfide) groups is 1. The van der Waals surface area contributed by atoms with Crippen LogP contribution in [0.1, 0.15) is 24.8 Å². The van der Waals surface area contributed by atoms with Gasteiger partial charge in [0.1, 0.15) is 11.9 Å². The van der Waals surface area contributed by atoms with Crippen LogP contribution in [0.25, 0.3) is 0 Å². The van der Waals surface area contributed by atoms with E-state index in [4.69, 9.17) is 4.74 Å². The van der Waals surface area contributed by atoms with E-state index in [1.165, 1.54) is 42.7 Å². The number of anilines is 1. The van der Waals surface area contributed by atoms with Crippen molar-refractivity contribution in [3.8, 4) is 5.75 Å². The Kier molecular flexibility index (Phi) is 3.46. The molecule has 0 spiro atoms. The van der Waals surface area contributed by atoms with E-state index in [1.54, 1.807) is 0 Å². The molecule has 1 unspecified atom stereocenters. The Labute approximate surface area is 107 Å². The number of rotatable bonds is 2. The Balaban J connectivity index is 1.77. The smallest absolute Gasteiger partial charge is 0.143 e. The lowest BCUT2D eigenvalue weighted by molar-refractivity contribution is 0.212. The van der Waals surface area contributed by atoms with Crippen LogP contribution < -0.4 is 10.1 Å². The standard InChI is InChI=1S/C14H19NOS/c1-4-11-5-2-8-15-14(11)13(7-1)16-12-6-3-9-17-10-12/h1,4,7,12,15H,2-3,5-6,8-10H2. The SMILES string of the molecule is c1cc2c(c(OC3CCCSC3)c1)NCCC2. The normalized spacial score (nSPS) is 23.6. The highest BCUT2D eigenvalue weighted by atomic mass is 32.2. The zero-order chi connectivity index (χ0) is 11.5. The zero-order valence-electron chi connectivity index (χ0n) is 10.1. The minimum absolute atomic E-state index is 0.406. The van der Waals surface area contributed by atoms with E-state index in [2.05, 4.69) is 23.5 Å². The molecule has 0 aliphatic carbocycles. The molecule has 1 saturated heterocycles. The highest BCUT2D eigenvalue weighted by molar-refractivity contribution is 7.99. The minimum atomic E-state index is 0.406. The molecule has 17 heavy (non-hydrogen) atoms. The monoisotopic (exact) mass is 249 g/mol. The number of fused-ring (bicyclic) bond motifs is 1. The third kappa shape index (κ3) is 2.54. The summed E-state index contributed by atoms with van der Waals surface area (Å²) < 4.78 is 6.17. The summed E-state index contributed by atoms with van der Waals surface area (Å²) in [5.41, 5.74) is 2.66. The molecule has 1 aromatic carbocycles. The van der Waals surface area contributed by atoms with Crippen LogP contribution in [0.3, 0.4) is 0 Å². The number of para-hydroxylation sites is 1. The van der Waals surface area contributed by atoms with Crippen molar-refractivity contribution in [3.63, 3.8) is 0 Å². The molecule has 0 saturated carbocycles. The second-order valence-electron chi connectivity index (χ2n) is 4.78. The summed E-state index contributed by atoms with van der Waals surface area (Å²) in [6.07, 6.45) is 5.31. The van der Waals surface area contributed by atoms with Gasteiger partial charge in [-0.15, -0.1) is 0 Å². The quantitative estimate of drug-likeness (QED) is 0.869. The number of ether oxygens (including phenoxy) is 1. The lowest BCUT2D eigenvalue weighted by Crippen LogP contribution is -2.24. The second-order valence-corrected chi connectivity index (χ2v) is 5.93. The van der Waals surface area contributed by atoms with E-state index in [9.17, 15) is 0 Å². The van der Waals surface area contributed by atoms with Crippen LogP contribution >= 0.6 is 11.8 Å². The third-order valence-corrected chi connectivity index (χ3v) is 4.63. The molecule has 3 heteroatoms. The molecule has 1 fully saturated rings. The highest BCUT2D eigenvalue weighted by Crippen LogP contribution is 2.34. The van der Waals surface area contributed by atoms with Crippen molar-refractivity contribution in [2.75, 3.05) is 23.4 Å². The van der Waals surface area contributed by atoms with Crippen LogP contribution in [0.5, 0.6) is 5.75 Å². The van der Waals surface area contributed by atoms with Gasteiger partial charge in [0.2, 0.25) is 0 Å². The van der Waals surface area contributed by atoms with Crippen LogP contribution in [0, 0.1) is 0 Å². The molecule has 3 rings (SSSR count). The molecule has 2 aliphatic rings. The molecule has 0 aromatic heterocycles. The van der Waals surface area contributed by atoms with Gasteiger partial charge in [0, 0.05) is 12.3 Å². The largest absolute Gasteiger partial charge is 0.487 e. The summed E-state index contributed by atoms with van der Waals surface area (Å²) in [6, 6.07) is 6.44. The first kappa shape index (κ1) is 11.3. The van der Waals surface area contributed by atoms with Gasteiger partial charge in [0.15, 0.2) is 0 Å². The second kappa shape index (κ2) is 5.21. The van der Waals surface area contributed by atoms with Crippen molar-refractivity contribution in [1.29, 1.82) is 0 Å². The first-order valence-corrected chi connectivity index (χ1v) is 7.69. The van der Waals surface area contributed by atoms with Gasteiger partial charge in [-0.1, -0.05) is 12.1 Å². The van der Waals surface area contributed by atoms with Crippen LogP contribution in [-0.2, 0) is 6.42 Å². The maximum atomic E-state index is 6.17. The van der Waals surface area contributed by atoms with Gasteiger partial charge in [0.25, 0.3) is 0 Å². The lowest BCUT2D eigenvalue weighted by Gasteiger charge is -2.26. The summed E-state index contributed by atoms with van der Waals surface area (Å²) in [5, 5.41) is 3.49. The molecule has 2 nitrogen and oxygen atoms in total. The van der Waals surface area contributed by atoms with Crippen LogP contribution in [0.4, 0.5) is 5.69 Å². The maximum Gasteiger partial charge on any atom is 0.143 e. The number of hydrogen-bond acceptors (Lipinski definition) is 3. The molecule has 1 atom stereocenters. The molecule has 2 heterocycles. The lowest BCUT2D eigenvalue weighted by atomic mass is 10.0. The van der Waals surface area contributed by atoms with E-state index >= 15 is 0 Å². The highest BCUT2D eigenvalue weighted by Gasteiger charge is 2.19. The molecular weight excluding hydrogens is 230 g/mol. The van der Waals surface area contributed by atoms with E-state index in [1.807, 2.05) is 11.8 Å². The Morgan fingerprint density at radius 2 is 2.29 bits per heavy atom. The summed E-state index contributed by atoms with van der Waals surface area (Å²) in [4.78, 5) is 0. The van der Waals surface area contributed by atoms with Crippen LogP contribution in [0.15, 0.2) is 18.2 Å². The first-order chi connectivity index (χ1) is 8.43. The van der Waals surface area contributed by atoms with Crippen LogP contribution in [0.2, 0.25) is 0 Å².